The Bertz CT molecular complexity index is 651. The normalized spacial score (nSPS) is 11.6. The van der Waals surface area contributed by atoms with Crippen molar-refractivity contribution in [1.82, 2.24) is 9.97 Å². The first-order valence-corrected chi connectivity index (χ1v) is 5.81. The Morgan fingerprint density at radius 3 is 2.40 bits per heavy atom. The molecule has 0 amide bonds. The molecule has 0 fully saturated rings. The van der Waals surface area contributed by atoms with Gasteiger partial charge < -0.3 is 10.1 Å². The highest BCUT2D eigenvalue weighted by Gasteiger charge is 2.27. The third-order valence-corrected chi connectivity index (χ3v) is 2.66. The number of aromatic amines is 1. The number of aromatic hydroxyl groups is 1. The van der Waals surface area contributed by atoms with Gasteiger partial charge in [-0.25, -0.2) is 0 Å². The van der Waals surface area contributed by atoms with Gasteiger partial charge in [-0.1, -0.05) is 30.3 Å². The molecule has 0 aliphatic rings. The van der Waals surface area contributed by atoms with Gasteiger partial charge in [-0.05, 0) is 5.56 Å². The van der Waals surface area contributed by atoms with Crippen molar-refractivity contribution < 1.29 is 18.3 Å². The first-order chi connectivity index (χ1) is 9.37. The second kappa shape index (κ2) is 5.36. The average Bonchev–Trinajstić information content (AvgIpc) is 2.36. The van der Waals surface area contributed by atoms with Crippen molar-refractivity contribution >= 4 is 0 Å². The van der Waals surface area contributed by atoms with E-state index in [1.807, 2.05) is 0 Å². The van der Waals surface area contributed by atoms with Crippen LogP contribution in [-0.4, -0.2) is 21.3 Å². The molecule has 2 aromatic rings. The molecule has 2 rings (SSSR count). The molecule has 0 unspecified atom stereocenters. The number of benzene rings is 1. The van der Waals surface area contributed by atoms with Gasteiger partial charge in [0.15, 0.2) is 0 Å². The molecule has 7 heteroatoms. The predicted molar refractivity (Wildman–Crippen MR) is 66.3 cm³/mol. The van der Waals surface area contributed by atoms with E-state index in [0.717, 1.165) is 0 Å². The van der Waals surface area contributed by atoms with Crippen LogP contribution in [0.3, 0.4) is 0 Å². The zero-order valence-electron chi connectivity index (χ0n) is 10.2. The Kier molecular flexibility index (Phi) is 3.78. The van der Waals surface area contributed by atoms with E-state index in [0.29, 0.717) is 5.56 Å². The lowest BCUT2D eigenvalue weighted by Crippen LogP contribution is -2.16. The molecule has 0 aliphatic carbocycles. The number of hydrogen-bond donors (Lipinski definition) is 2. The van der Waals surface area contributed by atoms with E-state index < -0.39 is 30.5 Å². The lowest BCUT2D eigenvalue weighted by atomic mass is 10.1. The van der Waals surface area contributed by atoms with E-state index in [4.69, 9.17) is 0 Å². The predicted octanol–water partition coefficient (Wildman–Crippen LogP) is 2.64. The number of nitrogens with one attached hydrogen (secondary N) is 1. The Labute approximate surface area is 111 Å². The van der Waals surface area contributed by atoms with Crippen LogP contribution < -0.4 is 5.56 Å². The molecule has 1 heterocycles. The summed E-state index contributed by atoms with van der Waals surface area (Å²) in [5, 5.41) is 9.74. The molecule has 0 aliphatic heterocycles. The molecule has 106 valence electrons. The zero-order valence-corrected chi connectivity index (χ0v) is 10.2. The van der Waals surface area contributed by atoms with E-state index in [9.17, 15) is 23.1 Å². The molecule has 20 heavy (non-hydrogen) atoms. The van der Waals surface area contributed by atoms with Crippen LogP contribution in [0.4, 0.5) is 13.2 Å². The summed E-state index contributed by atoms with van der Waals surface area (Å²) in [6.07, 6.45) is -5.94. The van der Waals surface area contributed by atoms with Crippen LogP contribution in [0.25, 0.3) is 11.1 Å². The molecule has 0 saturated heterocycles. The molecule has 0 spiro atoms. The lowest BCUT2D eigenvalue weighted by molar-refractivity contribution is -0.134. The van der Waals surface area contributed by atoms with Gasteiger partial charge in [0.05, 0.1) is 6.42 Å². The largest absolute Gasteiger partial charge is 0.493 e. The lowest BCUT2D eigenvalue weighted by Gasteiger charge is -2.08. The Balaban J connectivity index is 2.33. The van der Waals surface area contributed by atoms with Crippen molar-refractivity contribution in [1.29, 1.82) is 0 Å². The van der Waals surface area contributed by atoms with Crippen LogP contribution in [0.1, 0.15) is 12.2 Å². The maximum absolute atomic E-state index is 12.1. The van der Waals surface area contributed by atoms with Gasteiger partial charge >= 0.3 is 6.18 Å². The minimum atomic E-state index is -4.34. The second-order valence-electron chi connectivity index (χ2n) is 4.19. The van der Waals surface area contributed by atoms with Crippen molar-refractivity contribution in [2.45, 2.75) is 19.0 Å². The molecule has 0 saturated carbocycles. The third kappa shape index (κ3) is 3.37. The number of aromatic nitrogens is 2. The number of H-pyrrole nitrogens is 1. The smallest absolute Gasteiger partial charge is 0.389 e. The summed E-state index contributed by atoms with van der Waals surface area (Å²) in [4.78, 5) is 17.7. The number of halogens is 3. The first-order valence-electron chi connectivity index (χ1n) is 5.81. The van der Waals surface area contributed by atoms with Gasteiger partial charge in [-0.15, -0.1) is 0 Å². The molecular weight excluding hydrogens is 273 g/mol. The fraction of sp³-hybridized carbons (Fsp3) is 0.231. The quantitative estimate of drug-likeness (QED) is 0.910. The van der Waals surface area contributed by atoms with Crippen LogP contribution in [0, 0.1) is 0 Å². The monoisotopic (exact) mass is 284 g/mol. The summed E-state index contributed by atoms with van der Waals surface area (Å²) in [5.74, 6) is -0.762. The molecular formula is C13H11F3N2O2. The van der Waals surface area contributed by atoms with Crippen molar-refractivity contribution in [3.05, 3.63) is 46.5 Å². The standard InChI is InChI=1S/C13H11F3N2O2/c14-13(15,16)7-6-9-17-11(19)10(12(20)18-9)8-4-2-1-3-5-8/h1-5H,6-7H2,(H2,17,18,19,20). The Morgan fingerprint density at radius 2 is 1.85 bits per heavy atom. The molecule has 0 atom stereocenters. The topological polar surface area (TPSA) is 66.0 Å². The fourth-order valence-corrected chi connectivity index (χ4v) is 1.75. The summed E-state index contributed by atoms with van der Waals surface area (Å²) in [6, 6.07) is 8.28. The summed E-state index contributed by atoms with van der Waals surface area (Å²) >= 11 is 0. The van der Waals surface area contributed by atoms with E-state index in [2.05, 4.69) is 9.97 Å². The summed E-state index contributed by atoms with van der Waals surface area (Å²) in [7, 11) is 0. The van der Waals surface area contributed by atoms with Crippen LogP contribution in [0.2, 0.25) is 0 Å². The summed E-state index contributed by atoms with van der Waals surface area (Å²) in [6.45, 7) is 0. The number of hydrogen-bond acceptors (Lipinski definition) is 3. The van der Waals surface area contributed by atoms with Gasteiger partial charge in [0.2, 0.25) is 5.88 Å². The van der Waals surface area contributed by atoms with Crippen LogP contribution in [0.15, 0.2) is 35.1 Å². The van der Waals surface area contributed by atoms with Gasteiger partial charge in [-0.3, -0.25) is 4.79 Å². The number of aryl methyl sites for hydroxylation is 1. The van der Waals surface area contributed by atoms with Crippen LogP contribution >= 0.6 is 0 Å². The highest BCUT2D eigenvalue weighted by Crippen LogP contribution is 2.24. The third-order valence-electron chi connectivity index (χ3n) is 2.66. The summed E-state index contributed by atoms with van der Waals surface area (Å²) < 4.78 is 36.3. The first kappa shape index (κ1) is 14.1. The van der Waals surface area contributed by atoms with E-state index in [-0.39, 0.29) is 11.4 Å². The van der Waals surface area contributed by atoms with Crippen molar-refractivity contribution in [2.24, 2.45) is 0 Å². The molecule has 0 radical (unpaired) electrons. The van der Waals surface area contributed by atoms with E-state index >= 15 is 0 Å². The zero-order chi connectivity index (χ0) is 14.8. The van der Waals surface area contributed by atoms with E-state index in [1.54, 1.807) is 30.3 Å². The Hall–Kier alpha value is -2.31. The van der Waals surface area contributed by atoms with Gasteiger partial charge in [0.1, 0.15) is 11.4 Å². The van der Waals surface area contributed by atoms with Crippen molar-refractivity contribution in [3.8, 4) is 17.0 Å². The van der Waals surface area contributed by atoms with Crippen LogP contribution in [0.5, 0.6) is 5.88 Å². The minimum Gasteiger partial charge on any atom is -0.493 e. The minimum absolute atomic E-state index is 0.0543. The highest BCUT2D eigenvalue weighted by molar-refractivity contribution is 5.66. The van der Waals surface area contributed by atoms with Crippen molar-refractivity contribution in [2.75, 3.05) is 0 Å². The molecule has 0 bridgehead atoms. The maximum Gasteiger partial charge on any atom is 0.389 e. The number of nitrogens with zero attached hydrogens (tertiary/aromatic N) is 1. The number of alkyl halides is 3. The average molecular weight is 284 g/mol. The van der Waals surface area contributed by atoms with Gasteiger partial charge in [0.25, 0.3) is 5.56 Å². The number of rotatable bonds is 3. The molecule has 1 aromatic heterocycles. The van der Waals surface area contributed by atoms with Gasteiger partial charge in [0, 0.05) is 6.42 Å². The SMILES string of the molecule is O=c1[nH]c(CCC(F)(F)F)nc(O)c1-c1ccccc1. The molecule has 1 aromatic carbocycles. The molecule has 2 N–H and O–H groups in total. The maximum atomic E-state index is 12.1. The highest BCUT2D eigenvalue weighted by atomic mass is 19.4. The van der Waals surface area contributed by atoms with Crippen molar-refractivity contribution in [3.63, 3.8) is 0 Å². The van der Waals surface area contributed by atoms with E-state index in [1.165, 1.54) is 0 Å². The van der Waals surface area contributed by atoms with Gasteiger partial charge in [-0.2, -0.15) is 18.2 Å². The molecule has 4 nitrogen and oxygen atoms in total. The summed E-state index contributed by atoms with van der Waals surface area (Å²) in [5.41, 5.74) is -0.275. The fourth-order valence-electron chi connectivity index (χ4n) is 1.75. The van der Waals surface area contributed by atoms with Crippen LogP contribution in [-0.2, 0) is 6.42 Å². The Morgan fingerprint density at radius 1 is 1.20 bits per heavy atom. The second-order valence-corrected chi connectivity index (χ2v) is 4.19.